The molecule has 0 saturated carbocycles. The molecule has 0 bridgehead atoms. The minimum absolute atomic E-state index is 0.0592. The van der Waals surface area contributed by atoms with Gasteiger partial charge >= 0.3 is 5.97 Å². The molecular formula is C18H16N4O3S. The number of pyridine rings is 2. The average molecular weight is 368 g/mol. The SMILES string of the molecule is Cc1ccnc(Nc2cccc(-c3cnc(C(=O)CCC(=O)O)s3)n2)c1. The van der Waals surface area contributed by atoms with Crippen molar-refractivity contribution < 1.29 is 14.7 Å². The van der Waals surface area contributed by atoms with Crippen molar-refractivity contribution >= 4 is 34.7 Å². The largest absolute Gasteiger partial charge is 0.481 e. The maximum Gasteiger partial charge on any atom is 0.303 e. The van der Waals surface area contributed by atoms with Crippen molar-refractivity contribution in [1.82, 2.24) is 15.0 Å². The van der Waals surface area contributed by atoms with Crippen LogP contribution in [0.4, 0.5) is 11.6 Å². The smallest absolute Gasteiger partial charge is 0.303 e. The molecule has 0 radical (unpaired) electrons. The zero-order valence-electron chi connectivity index (χ0n) is 14.0. The van der Waals surface area contributed by atoms with Gasteiger partial charge in [-0.15, -0.1) is 11.3 Å². The fraction of sp³-hybridized carbons (Fsp3) is 0.167. The summed E-state index contributed by atoms with van der Waals surface area (Å²) in [4.78, 5) is 36.2. The van der Waals surface area contributed by atoms with E-state index in [2.05, 4.69) is 20.3 Å². The van der Waals surface area contributed by atoms with Crippen molar-refractivity contribution in [1.29, 1.82) is 0 Å². The summed E-state index contributed by atoms with van der Waals surface area (Å²) in [5.74, 6) is 0.0541. The minimum Gasteiger partial charge on any atom is -0.481 e. The molecule has 0 amide bonds. The van der Waals surface area contributed by atoms with Crippen LogP contribution in [0.15, 0.2) is 42.7 Å². The first-order chi connectivity index (χ1) is 12.5. The molecule has 26 heavy (non-hydrogen) atoms. The lowest BCUT2D eigenvalue weighted by Gasteiger charge is -2.06. The molecule has 8 heteroatoms. The molecule has 3 heterocycles. The summed E-state index contributed by atoms with van der Waals surface area (Å²) in [6, 6.07) is 9.34. The zero-order chi connectivity index (χ0) is 18.5. The number of rotatable bonds is 7. The predicted octanol–water partition coefficient (Wildman–Crippen LogP) is 3.70. The van der Waals surface area contributed by atoms with Gasteiger partial charge in [-0.2, -0.15) is 0 Å². The molecule has 0 saturated heterocycles. The predicted molar refractivity (Wildman–Crippen MR) is 98.8 cm³/mol. The highest BCUT2D eigenvalue weighted by Gasteiger charge is 2.14. The first-order valence-electron chi connectivity index (χ1n) is 7.89. The van der Waals surface area contributed by atoms with E-state index in [1.807, 2.05) is 37.3 Å². The van der Waals surface area contributed by atoms with Crippen molar-refractivity contribution in [3.05, 3.63) is 53.3 Å². The van der Waals surface area contributed by atoms with E-state index >= 15 is 0 Å². The summed E-state index contributed by atoms with van der Waals surface area (Å²) in [6.45, 7) is 1.98. The maximum absolute atomic E-state index is 12.0. The highest BCUT2D eigenvalue weighted by molar-refractivity contribution is 7.16. The van der Waals surface area contributed by atoms with Crippen LogP contribution in [0.1, 0.15) is 28.2 Å². The van der Waals surface area contributed by atoms with E-state index in [0.29, 0.717) is 22.3 Å². The van der Waals surface area contributed by atoms with Gasteiger partial charge < -0.3 is 10.4 Å². The molecule has 0 aliphatic rings. The molecule has 0 atom stereocenters. The van der Waals surface area contributed by atoms with Gasteiger partial charge in [-0.25, -0.2) is 15.0 Å². The van der Waals surface area contributed by atoms with Crippen LogP contribution in [-0.2, 0) is 4.79 Å². The third kappa shape index (κ3) is 4.48. The number of carboxylic acids is 1. The second-order valence-electron chi connectivity index (χ2n) is 5.60. The van der Waals surface area contributed by atoms with E-state index in [1.54, 1.807) is 12.4 Å². The molecule has 3 rings (SSSR count). The van der Waals surface area contributed by atoms with Crippen LogP contribution >= 0.6 is 11.3 Å². The summed E-state index contributed by atoms with van der Waals surface area (Å²) >= 11 is 1.20. The van der Waals surface area contributed by atoms with E-state index in [1.165, 1.54) is 11.3 Å². The number of nitrogens with zero attached hydrogens (tertiary/aromatic N) is 3. The summed E-state index contributed by atoms with van der Waals surface area (Å²) < 4.78 is 0. The van der Waals surface area contributed by atoms with Crippen LogP contribution in [0.2, 0.25) is 0 Å². The lowest BCUT2D eigenvalue weighted by molar-refractivity contribution is -0.136. The second kappa shape index (κ2) is 7.83. The van der Waals surface area contributed by atoms with Gasteiger partial charge in [0.1, 0.15) is 11.6 Å². The summed E-state index contributed by atoms with van der Waals surface area (Å²) in [5, 5.41) is 12.1. The number of carbonyl (C=O) groups is 2. The number of nitrogens with one attached hydrogen (secondary N) is 1. The number of aliphatic carboxylic acids is 1. The first kappa shape index (κ1) is 17.7. The van der Waals surface area contributed by atoms with Gasteiger partial charge in [-0.1, -0.05) is 6.07 Å². The molecule has 0 unspecified atom stereocenters. The molecule has 0 spiro atoms. The number of aromatic nitrogens is 3. The van der Waals surface area contributed by atoms with Gasteiger partial charge in [-0.3, -0.25) is 9.59 Å². The molecule has 0 aliphatic carbocycles. The topological polar surface area (TPSA) is 105 Å². The Bertz CT molecular complexity index is 955. The van der Waals surface area contributed by atoms with E-state index in [-0.39, 0.29) is 18.6 Å². The molecule has 3 aromatic rings. The fourth-order valence-electron chi connectivity index (χ4n) is 2.23. The quantitative estimate of drug-likeness (QED) is 0.613. The lowest BCUT2D eigenvalue weighted by Crippen LogP contribution is -2.02. The van der Waals surface area contributed by atoms with E-state index in [9.17, 15) is 9.59 Å². The third-order valence-corrected chi connectivity index (χ3v) is 4.54. The van der Waals surface area contributed by atoms with E-state index in [0.717, 1.165) is 10.4 Å². The van der Waals surface area contributed by atoms with Crippen molar-refractivity contribution in [2.75, 3.05) is 5.32 Å². The van der Waals surface area contributed by atoms with Crippen molar-refractivity contribution in [2.24, 2.45) is 0 Å². The summed E-state index contributed by atoms with van der Waals surface area (Å²) in [7, 11) is 0. The number of ketones is 1. The number of carboxylic acid groups (broad SMARTS) is 1. The lowest BCUT2D eigenvalue weighted by atomic mass is 10.2. The average Bonchev–Trinajstić information content (AvgIpc) is 3.10. The van der Waals surface area contributed by atoms with Crippen molar-refractivity contribution in [3.63, 3.8) is 0 Å². The maximum atomic E-state index is 12.0. The van der Waals surface area contributed by atoms with Crippen LogP contribution in [0.25, 0.3) is 10.6 Å². The van der Waals surface area contributed by atoms with Crippen LogP contribution in [0.3, 0.4) is 0 Å². The molecule has 0 aromatic carbocycles. The number of Topliss-reactive ketones (excluding diaryl/α,β-unsaturated/α-hetero) is 1. The highest BCUT2D eigenvalue weighted by Crippen LogP contribution is 2.27. The number of carbonyl (C=O) groups excluding carboxylic acids is 1. The standard InChI is InChI=1S/C18H16N4O3S/c1-11-7-8-19-16(9-11)22-15-4-2-3-12(21-15)14-10-20-18(26-14)13(23)5-6-17(24)25/h2-4,7-10H,5-6H2,1H3,(H,24,25)(H,19,21,22). The number of aryl methyl sites for hydroxylation is 1. The Labute approximate surface area is 153 Å². The summed E-state index contributed by atoms with van der Waals surface area (Å²) in [5.41, 5.74) is 1.77. The monoisotopic (exact) mass is 368 g/mol. The van der Waals surface area contributed by atoms with E-state index < -0.39 is 5.97 Å². The Morgan fingerprint density at radius 3 is 2.77 bits per heavy atom. The van der Waals surface area contributed by atoms with Crippen molar-refractivity contribution in [3.8, 4) is 10.6 Å². The Kier molecular flexibility index (Phi) is 5.33. The Hall–Kier alpha value is -3.13. The van der Waals surface area contributed by atoms with Gasteiger partial charge in [-0.05, 0) is 36.8 Å². The molecule has 0 aliphatic heterocycles. The minimum atomic E-state index is -1.000. The van der Waals surface area contributed by atoms with Crippen LogP contribution < -0.4 is 5.32 Å². The Balaban J connectivity index is 1.76. The van der Waals surface area contributed by atoms with Gasteiger partial charge in [0.15, 0.2) is 10.8 Å². The first-order valence-corrected chi connectivity index (χ1v) is 8.71. The van der Waals surface area contributed by atoms with E-state index in [4.69, 9.17) is 5.11 Å². The third-order valence-electron chi connectivity index (χ3n) is 3.48. The van der Waals surface area contributed by atoms with Crippen LogP contribution in [0, 0.1) is 6.92 Å². The molecule has 3 aromatic heterocycles. The van der Waals surface area contributed by atoms with Gasteiger partial charge in [0.25, 0.3) is 0 Å². The Morgan fingerprint density at radius 2 is 2.00 bits per heavy atom. The second-order valence-corrected chi connectivity index (χ2v) is 6.63. The number of hydrogen-bond acceptors (Lipinski definition) is 7. The number of thiazole rings is 1. The Morgan fingerprint density at radius 1 is 1.15 bits per heavy atom. The van der Waals surface area contributed by atoms with Gasteiger partial charge in [0, 0.05) is 18.8 Å². The normalized spacial score (nSPS) is 10.5. The highest BCUT2D eigenvalue weighted by atomic mass is 32.1. The van der Waals surface area contributed by atoms with Gasteiger partial charge in [0.2, 0.25) is 0 Å². The van der Waals surface area contributed by atoms with Crippen molar-refractivity contribution in [2.45, 2.75) is 19.8 Å². The molecular weight excluding hydrogens is 352 g/mol. The molecule has 7 nitrogen and oxygen atoms in total. The molecule has 0 fully saturated rings. The number of anilines is 2. The van der Waals surface area contributed by atoms with Crippen LogP contribution in [-0.4, -0.2) is 31.8 Å². The fourth-order valence-corrected chi connectivity index (χ4v) is 3.08. The molecule has 2 N–H and O–H groups in total. The number of hydrogen-bond donors (Lipinski definition) is 2. The zero-order valence-corrected chi connectivity index (χ0v) is 14.8. The summed E-state index contributed by atoms with van der Waals surface area (Å²) in [6.07, 6.45) is 3.04. The van der Waals surface area contributed by atoms with Gasteiger partial charge in [0.05, 0.1) is 17.0 Å². The molecule has 132 valence electrons. The van der Waals surface area contributed by atoms with Crippen LogP contribution in [0.5, 0.6) is 0 Å².